The first-order valence-electron chi connectivity index (χ1n) is 30.1. The van der Waals surface area contributed by atoms with Crippen molar-refractivity contribution >= 4 is 117 Å². The Labute approximate surface area is 499 Å². The van der Waals surface area contributed by atoms with Crippen molar-refractivity contribution in [1.82, 2.24) is 0 Å². The number of thiophene rings is 1. The number of hydrogen-bond donors (Lipinski definition) is 0. The van der Waals surface area contributed by atoms with Crippen molar-refractivity contribution in [2.45, 2.75) is 104 Å². The van der Waals surface area contributed by atoms with E-state index in [1.165, 1.54) is 76.2 Å². The first kappa shape index (κ1) is 52.2. The molecule has 4 heterocycles. The zero-order chi connectivity index (χ0) is 57.6. The summed E-state index contributed by atoms with van der Waals surface area (Å²) in [5, 5.41) is 3.49. The maximum Gasteiger partial charge on any atom is 0.264 e. The second-order valence-corrected chi connectivity index (χ2v) is 28.3. The Bertz CT molecular complexity index is 4590. The minimum Gasteiger partial charge on any atom is -0.456 e. The van der Waals surface area contributed by atoms with Crippen LogP contribution in [-0.4, -0.2) is 6.71 Å². The number of rotatable bonds is 7. The molecule has 412 valence electrons. The first-order chi connectivity index (χ1) is 40.4. The summed E-state index contributed by atoms with van der Waals surface area (Å²) in [5.74, 6) is 0. The van der Waals surface area contributed by atoms with Crippen molar-refractivity contribution in [3.8, 4) is 22.3 Å². The average Bonchev–Trinajstić information content (AvgIpc) is 1.33. The smallest absolute Gasteiger partial charge is 0.264 e. The minimum atomic E-state index is -0.105. The molecule has 0 atom stereocenters. The third-order valence-corrected chi connectivity index (χ3v) is 20.0. The van der Waals surface area contributed by atoms with E-state index in [1.54, 1.807) is 0 Å². The largest absolute Gasteiger partial charge is 0.456 e. The van der Waals surface area contributed by atoms with Crippen LogP contribution >= 0.6 is 11.3 Å². The molecule has 4 nitrogen and oxygen atoms in total. The van der Waals surface area contributed by atoms with E-state index in [-0.39, 0.29) is 28.4 Å². The molecule has 0 bridgehead atoms. The molecule has 0 radical (unpaired) electrons. The molecule has 84 heavy (non-hydrogen) atoms. The molecule has 0 fully saturated rings. The van der Waals surface area contributed by atoms with E-state index >= 15 is 0 Å². The summed E-state index contributed by atoms with van der Waals surface area (Å²) in [6, 6.07) is 82.5. The third kappa shape index (κ3) is 8.30. The van der Waals surface area contributed by atoms with Crippen LogP contribution in [0.2, 0.25) is 0 Å². The van der Waals surface area contributed by atoms with Crippen molar-refractivity contribution in [2.24, 2.45) is 0 Å². The van der Waals surface area contributed by atoms with E-state index in [9.17, 15) is 0 Å². The zero-order valence-electron chi connectivity index (χ0n) is 49.9. The van der Waals surface area contributed by atoms with E-state index in [4.69, 9.17) is 4.42 Å². The summed E-state index contributed by atoms with van der Waals surface area (Å²) in [7, 11) is 0. The van der Waals surface area contributed by atoms with E-state index < -0.39 is 0 Å². The fourth-order valence-corrected chi connectivity index (χ4v) is 15.4. The molecule has 0 amide bonds. The van der Waals surface area contributed by atoms with Crippen LogP contribution in [0.1, 0.15) is 104 Å². The van der Waals surface area contributed by atoms with Gasteiger partial charge < -0.3 is 19.1 Å². The second kappa shape index (κ2) is 19.0. The molecule has 2 aromatic heterocycles. The van der Waals surface area contributed by atoms with E-state index in [0.29, 0.717) is 0 Å². The third-order valence-electron chi connectivity index (χ3n) is 18.8. The number of fused-ring (bicyclic) bond motifs is 10. The van der Waals surface area contributed by atoms with Gasteiger partial charge in [-0.15, -0.1) is 11.3 Å². The van der Waals surface area contributed by atoms with Crippen molar-refractivity contribution in [1.29, 1.82) is 0 Å². The topological polar surface area (TPSA) is 22.9 Å². The summed E-state index contributed by atoms with van der Waals surface area (Å²) >= 11 is 1.97. The molecule has 0 N–H and O–H groups in total. The van der Waals surface area contributed by atoms with Crippen LogP contribution in [0.15, 0.2) is 223 Å². The van der Waals surface area contributed by atoms with Crippen LogP contribution in [0, 0.1) is 0 Å². The van der Waals surface area contributed by atoms with Gasteiger partial charge in [0, 0.05) is 59.9 Å². The lowest BCUT2D eigenvalue weighted by Gasteiger charge is -2.45. The molecule has 0 saturated carbocycles. The van der Waals surface area contributed by atoms with Crippen LogP contribution in [0.5, 0.6) is 0 Å². The molecule has 0 unspecified atom stereocenters. The van der Waals surface area contributed by atoms with Crippen LogP contribution in [0.3, 0.4) is 0 Å². The van der Waals surface area contributed by atoms with Crippen LogP contribution in [0.4, 0.5) is 51.2 Å². The van der Waals surface area contributed by atoms with Gasteiger partial charge in [0.2, 0.25) is 0 Å². The Kier molecular flexibility index (Phi) is 11.8. The SMILES string of the molecule is CC(C)(C)c1ccc(N(c2ccc3c(c2)N(c2cccc4oc5ccccc5c24)c2cc(-c4ccccc4)cc4c2B3c2sc3ccc(C(C)(C)C)cc3c2N4c2ccc3c(c2)C(C)(C)CCC3(C)C)c2ccccc2-c2ccccc2)cc1. The van der Waals surface area contributed by atoms with Gasteiger partial charge in [0.15, 0.2) is 0 Å². The number of hydrogen-bond acceptors (Lipinski definition) is 5. The molecule has 3 aliphatic rings. The van der Waals surface area contributed by atoms with Crippen molar-refractivity contribution in [3.05, 3.63) is 241 Å². The fraction of sp³-hybridized carbons (Fsp3) is 0.205. The molecule has 1 aliphatic carbocycles. The van der Waals surface area contributed by atoms with Crippen LogP contribution in [-0.2, 0) is 21.7 Å². The standard InChI is InChI=1S/C78H70BN3OS/c1-75(2,3)52-32-35-54(36-33-52)80(63-28-19-17-26-57(63)50-24-15-12-16-25-50)56-38-40-62-65(48-56)82(64-29-21-31-69-71(64)58-27-18-20-30-68(58)83-69)67-45-51(49-22-13-11-14-23-49)44-66-72(67)79(62)74-73(59-46-53(76(4,5)6)34-41-70(59)84-74)81(66)55-37-39-60-61(47-55)78(9,10)43-42-77(60,7)8/h11-41,44-48H,42-43H2,1-10H3. The number of para-hydroxylation sites is 2. The van der Waals surface area contributed by atoms with Gasteiger partial charge in [-0.1, -0.05) is 203 Å². The summed E-state index contributed by atoms with van der Waals surface area (Å²) < 4.78 is 9.48. The summed E-state index contributed by atoms with van der Waals surface area (Å²) in [6.07, 6.45) is 2.30. The number of benzene rings is 10. The Morgan fingerprint density at radius 2 is 1.11 bits per heavy atom. The van der Waals surface area contributed by atoms with Gasteiger partial charge in [-0.3, -0.25) is 0 Å². The minimum absolute atomic E-state index is 0.00701. The molecular weight excluding hydrogens is 1040 g/mol. The van der Waals surface area contributed by atoms with Gasteiger partial charge >= 0.3 is 0 Å². The highest BCUT2D eigenvalue weighted by Gasteiger charge is 2.47. The Morgan fingerprint density at radius 1 is 0.476 bits per heavy atom. The molecule has 6 heteroatoms. The van der Waals surface area contributed by atoms with Crippen LogP contribution in [0.25, 0.3) is 54.3 Å². The molecule has 12 aromatic rings. The lowest BCUT2D eigenvalue weighted by molar-refractivity contribution is 0.332. The van der Waals surface area contributed by atoms with Gasteiger partial charge in [-0.25, -0.2) is 0 Å². The van der Waals surface area contributed by atoms with E-state index in [0.717, 1.165) is 80.0 Å². The lowest BCUT2D eigenvalue weighted by atomic mass is 9.36. The summed E-state index contributed by atoms with van der Waals surface area (Å²) in [5.41, 5.74) is 24.9. The maximum atomic E-state index is 6.82. The van der Waals surface area contributed by atoms with Crippen molar-refractivity contribution in [2.75, 3.05) is 14.7 Å². The molecular formula is C78H70BN3OS. The number of furan rings is 1. The normalized spacial score (nSPS) is 15.0. The van der Waals surface area contributed by atoms with Crippen LogP contribution < -0.4 is 30.4 Å². The quantitative estimate of drug-likeness (QED) is 0.148. The summed E-state index contributed by atoms with van der Waals surface area (Å²) in [6.45, 7) is 23.6. The van der Waals surface area contributed by atoms with Gasteiger partial charge in [0.1, 0.15) is 11.2 Å². The maximum absolute atomic E-state index is 6.82. The second-order valence-electron chi connectivity index (χ2n) is 27.2. The van der Waals surface area contributed by atoms with Crippen molar-refractivity contribution < 1.29 is 4.42 Å². The molecule has 2 aliphatic heterocycles. The molecule has 10 aromatic carbocycles. The molecule has 0 saturated heterocycles. The van der Waals surface area contributed by atoms with E-state index in [2.05, 4.69) is 302 Å². The predicted octanol–water partition coefficient (Wildman–Crippen LogP) is 20.6. The Balaban J connectivity index is 1.07. The highest BCUT2D eigenvalue weighted by atomic mass is 32.1. The monoisotopic (exact) mass is 1110 g/mol. The van der Waals surface area contributed by atoms with Gasteiger partial charge in [-0.05, 0) is 169 Å². The highest BCUT2D eigenvalue weighted by Crippen LogP contribution is 2.55. The summed E-state index contributed by atoms with van der Waals surface area (Å²) in [4.78, 5) is 7.79. The Morgan fingerprint density at radius 3 is 1.85 bits per heavy atom. The fourth-order valence-electron chi connectivity index (χ4n) is 14.1. The van der Waals surface area contributed by atoms with Gasteiger partial charge in [0.25, 0.3) is 6.71 Å². The average molecular weight is 1110 g/mol. The van der Waals surface area contributed by atoms with E-state index in [1.807, 2.05) is 11.3 Å². The first-order valence-corrected chi connectivity index (χ1v) is 30.9. The van der Waals surface area contributed by atoms with Gasteiger partial charge in [0.05, 0.1) is 22.4 Å². The highest BCUT2D eigenvalue weighted by molar-refractivity contribution is 7.33. The number of anilines is 9. The molecule has 15 rings (SSSR count). The van der Waals surface area contributed by atoms with Gasteiger partial charge in [-0.2, -0.15) is 0 Å². The zero-order valence-corrected chi connectivity index (χ0v) is 50.8. The molecule has 0 spiro atoms. The predicted molar refractivity (Wildman–Crippen MR) is 361 cm³/mol. The lowest BCUT2D eigenvalue weighted by Crippen LogP contribution is -2.60. The number of nitrogens with zero attached hydrogens (tertiary/aromatic N) is 3. The Hall–Kier alpha value is -8.58. The van der Waals surface area contributed by atoms with Crippen molar-refractivity contribution in [3.63, 3.8) is 0 Å².